The van der Waals surface area contributed by atoms with Crippen molar-refractivity contribution in [2.45, 2.75) is 25.8 Å². The molecule has 0 unspecified atom stereocenters. The van der Waals surface area contributed by atoms with E-state index in [2.05, 4.69) is 6.92 Å². The van der Waals surface area contributed by atoms with E-state index in [9.17, 15) is 0 Å². The molecule has 54 valence electrons. The molecule has 0 aromatic carbocycles. The summed E-state index contributed by atoms with van der Waals surface area (Å²) in [6, 6.07) is 0.380. The Balaban J connectivity index is 2.44. The van der Waals surface area contributed by atoms with Gasteiger partial charge in [-0.05, 0) is 31.2 Å². The smallest absolute Gasteiger partial charge is 0.00818 e. The Kier molecular flexibility index (Phi) is 2.09. The summed E-state index contributed by atoms with van der Waals surface area (Å²) in [6.07, 6.45) is 2.44. The van der Waals surface area contributed by atoms with Crippen molar-refractivity contribution in [3.05, 3.63) is 0 Å². The fraction of sp³-hybridized carbons (Fsp3) is 1.00. The second-order valence-electron chi connectivity index (χ2n) is 3.12. The zero-order chi connectivity index (χ0) is 6.85. The van der Waals surface area contributed by atoms with Crippen LogP contribution in [-0.2, 0) is 0 Å². The maximum absolute atomic E-state index is 5.80. The first kappa shape index (κ1) is 7.03. The lowest BCUT2D eigenvalue weighted by Gasteiger charge is -2.16. The zero-order valence-corrected chi connectivity index (χ0v) is 6.01. The molecular weight excluding hydrogens is 112 g/mol. The summed E-state index contributed by atoms with van der Waals surface area (Å²) in [7, 11) is 0. The number of hydrogen-bond donors (Lipinski definition) is 2. The Morgan fingerprint density at radius 2 is 2.11 bits per heavy atom. The van der Waals surface area contributed by atoms with Gasteiger partial charge in [-0.3, -0.25) is 0 Å². The fourth-order valence-electron chi connectivity index (χ4n) is 1.71. The highest BCUT2D eigenvalue weighted by Crippen LogP contribution is 2.28. The van der Waals surface area contributed by atoms with E-state index in [0.717, 1.165) is 12.5 Å². The van der Waals surface area contributed by atoms with E-state index in [4.69, 9.17) is 11.5 Å². The van der Waals surface area contributed by atoms with E-state index in [1.165, 1.54) is 12.8 Å². The molecule has 0 radical (unpaired) electrons. The molecule has 3 atom stereocenters. The SMILES string of the molecule is C[C@@H]1CC[C@H](N)[C@@H]1CN. The summed E-state index contributed by atoms with van der Waals surface area (Å²) in [4.78, 5) is 0. The van der Waals surface area contributed by atoms with Crippen LogP contribution >= 0.6 is 0 Å². The quantitative estimate of drug-likeness (QED) is 0.534. The lowest BCUT2D eigenvalue weighted by Crippen LogP contribution is -2.32. The zero-order valence-electron chi connectivity index (χ0n) is 6.01. The van der Waals surface area contributed by atoms with Crippen molar-refractivity contribution in [1.82, 2.24) is 0 Å². The van der Waals surface area contributed by atoms with Gasteiger partial charge in [0.15, 0.2) is 0 Å². The van der Waals surface area contributed by atoms with Crippen LogP contribution in [0.1, 0.15) is 19.8 Å². The van der Waals surface area contributed by atoms with Gasteiger partial charge in [0.1, 0.15) is 0 Å². The highest BCUT2D eigenvalue weighted by molar-refractivity contribution is 4.85. The monoisotopic (exact) mass is 128 g/mol. The van der Waals surface area contributed by atoms with E-state index in [1.54, 1.807) is 0 Å². The normalized spacial score (nSPS) is 43.7. The second-order valence-corrected chi connectivity index (χ2v) is 3.12. The Labute approximate surface area is 56.6 Å². The van der Waals surface area contributed by atoms with Gasteiger partial charge in [-0.25, -0.2) is 0 Å². The molecule has 9 heavy (non-hydrogen) atoms. The van der Waals surface area contributed by atoms with Gasteiger partial charge < -0.3 is 11.5 Å². The van der Waals surface area contributed by atoms with Crippen LogP contribution < -0.4 is 11.5 Å². The number of nitrogens with two attached hydrogens (primary N) is 2. The van der Waals surface area contributed by atoms with Crippen molar-refractivity contribution in [3.63, 3.8) is 0 Å². The maximum atomic E-state index is 5.80. The van der Waals surface area contributed by atoms with Gasteiger partial charge in [0.2, 0.25) is 0 Å². The summed E-state index contributed by atoms with van der Waals surface area (Å²) in [5.74, 6) is 1.34. The first-order valence-electron chi connectivity index (χ1n) is 3.71. The molecule has 1 rings (SSSR count). The molecule has 1 saturated carbocycles. The highest BCUT2D eigenvalue weighted by Gasteiger charge is 2.28. The van der Waals surface area contributed by atoms with E-state index in [-0.39, 0.29) is 0 Å². The van der Waals surface area contributed by atoms with Gasteiger partial charge in [0.25, 0.3) is 0 Å². The molecule has 0 aromatic heterocycles. The van der Waals surface area contributed by atoms with E-state index >= 15 is 0 Å². The third-order valence-corrected chi connectivity index (χ3v) is 2.51. The average Bonchev–Trinajstić information content (AvgIpc) is 2.12. The molecule has 0 bridgehead atoms. The Bertz CT molecular complexity index is 82.9. The van der Waals surface area contributed by atoms with Crippen molar-refractivity contribution >= 4 is 0 Å². The lowest BCUT2D eigenvalue weighted by atomic mass is 9.96. The molecule has 0 heterocycles. The third-order valence-electron chi connectivity index (χ3n) is 2.51. The fourth-order valence-corrected chi connectivity index (χ4v) is 1.71. The van der Waals surface area contributed by atoms with Crippen molar-refractivity contribution in [3.8, 4) is 0 Å². The molecule has 0 saturated heterocycles. The summed E-state index contributed by atoms with van der Waals surface area (Å²) in [5, 5.41) is 0. The Morgan fingerprint density at radius 1 is 1.44 bits per heavy atom. The molecule has 1 fully saturated rings. The summed E-state index contributed by atoms with van der Waals surface area (Å²) < 4.78 is 0. The van der Waals surface area contributed by atoms with Crippen LogP contribution in [0.2, 0.25) is 0 Å². The predicted molar refractivity (Wildman–Crippen MR) is 38.9 cm³/mol. The molecule has 0 amide bonds. The topological polar surface area (TPSA) is 52.0 Å². The molecule has 4 N–H and O–H groups in total. The average molecular weight is 128 g/mol. The lowest BCUT2D eigenvalue weighted by molar-refractivity contribution is 0.396. The van der Waals surface area contributed by atoms with E-state index < -0.39 is 0 Å². The van der Waals surface area contributed by atoms with Crippen molar-refractivity contribution < 1.29 is 0 Å². The van der Waals surface area contributed by atoms with Crippen LogP contribution in [0.25, 0.3) is 0 Å². The Morgan fingerprint density at radius 3 is 2.33 bits per heavy atom. The van der Waals surface area contributed by atoms with Crippen LogP contribution in [-0.4, -0.2) is 12.6 Å². The minimum Gasteiger partial charge on any atom is -0.330 e. The molecule has 2 heteroatoms. The van der Waals surface area contributed by atoms with Crippen LogP contribution in [0.3, 0.4) is 0 Å². The van der Waals surface area contributed by atoms with Crippen LogP contribution in [0, 0.1) is 11.8 Å². The van der Waals surface area contributed by atoms with Crippen LogP contribution in [0.15, 0.2) is 0 Å². The number of hydrogen-bond acceptors (Lipinski definition) is 2. The first-order valence-corrected chi connectivity index (χ1v) is 3.71. The molecule has 0 aliphatic heterocycles. The van der Waals surface area contributed by atoms with Crippen LogP contribution in [0.4, 0.5) is 0 Å². The molecular formula is C7H16N2. The molecule has 1 aliphatic carbocycles. The summed E-state index contributed by atoms with van der Waals surface area (Å²) in [5.41, 5.74) is 11.3. The van der Waals surface area contributed by atoms with Crippen molar-refractivity contribution in [2.24, 2.45) is 23.3 Å². The minimum absolute atomic E-state index is 0.380. The standard InChI is InChI=1S/C7H16N2/c1-5-2-3-7(9)6(5)4-8/h5-7H,2-4,8-9H2,1H3/t5-,6-,7+/m1/s1. The molecule has 0 spiro atoms. The van der Waals surface area contributed by atoms with E-state index in [0.29, 0.717) is 12.0 Å². The predicted octanol–water partition coefficient (Wildman–Crippen LogP) is 0.319. The molecule has 2 nitrogen and oxygen atoms in total. The van der Waals surface area contributed by atoms with Crippen LogP contribution in [0.5, 0.6) is 0 Å². The second kappa shape index (κ2) is 2.67. The Hall–Kier alpha value is -0.0800. The van der Waals surface area contributed by atoms with Gasteiger partial charge in [-0.1, -0.05) is 6.92 Å². The van der Waals surface area contributed by atoms with Gasteiger partial charge in [0, 0.05) is 6.04 Å². The number of rotatable bonds is 1. The highest BCUT2D eigenvalue weighted by atomic mass is 14.7. The van der Waals surface area contributed by atoms with Crippen molar-refractivity contribution in [1.29, 1.82) is 0 Å². The summed E-state index contributed by atoms with van der Waals surface area (Å²) >= 11 is 0. The third kappa shape index (κ3) is 1.25. The van der Waals surface area contributed by atoms with Gasteiger partial charge in [-0.2, -0.15) is 0 Å². The van der Waals surface area contributed by atoms with Gasteiger partial charge in [-0.15, -0.1) is 0 Å². The van der Waals surface area contributed by atoms with Crippen molar-refractivity contribution in [2.75, 3.05) is 6.54 Å². The largest absolute Gasteiger partial charge is 0.330 e. The van der Waals surface area contributed by atoms with Gasteiger partial charge in [0.05, 0.1) is 0 Å². The summed E-state index contributed by atoms with van der Waals surface area (Å²) in [6.45, 7) is 3.01. The molecule has 1 aliphatic rings. The first-order chi connectivity index (χ1) is 4.25. The van der Waals surface area contributed by atoms with Gasteiger partial charge >= 0.3 is 0 Å². The molecule has 0 aromatic rings. The maximum Gasteiger partial charge on any atom is 0.00818 e. The van der Waals surface area contributed by atoms with E-state index in [1.807, 2.05) is 0 Å². The minimum atomic E-state index is 0.380.